The van der Waals surface area contributed by atoms with Crippen molar-refractivity contribution in [1.82, 2.24) is 5.32 Å². The van der Waals surface area contributed by atoms with Crippen LogP contribution in [0.4, 0.5) is 0 Å². The highest BCUT2D eigenvalue weighted by Crippen LogP contribution is 2.15. The molecule has 1 aromatic carbocycles. The standard InChI is InChI=1S/C17H21ClN2O6/c1-3-25-13(21)9-12(17(24)26-4-2)14(15(19)22)20-16(23)10-5-7-11(18)8-6-10/h5-8,12,14H,3-4,9H2,1-2H3,(H2,19,22)(H,20,23)/t12-,14-/m0/s1. The number of esters is 2. The second-order valence-corrected chi connectivity index (χ2v) is 5.66. The average molecular weight is 385 g/mol. The second kappa shape index (κ2) is 10.4. The van der Waals surface area contributed by atoms with E-state index < -0.39 is 42.1 Å². The van der Waals surface area contributed by atoms with Crippen molar-refractivity contribution >= 4 is 35.4 Å². The summed E-state index contributed by atoms with van der Waals surface area (Å²) in [7, 11) is 0. The first-order valence-corrected chi connectivity index (χ1v) is 8.35. The fraction of sp³-hybridized carbons (Fsp3) is 0.412. The third-order valence-electron chi connectivity index (χ3n) is 3.38. The zero-order valence-electron chi connectivity index (χ0n) is 14.5. The van der Waals surface area contributed by atoms with Gasteiger partial charge in [-0.1, -0.05) is 11.6 Å². The molecule has 2 atom stereocenters. The highest BCUT2D eigenvalue weighted by atomic mass is 35.5. The van der Waals surface area contributed by atoms with Crippen LogP contribution in [0.1, 0.15) is 30.6 Å². The van der Waals surface area contributed by atoms with Crippen molar-refractivity contribution in [3.05, 3.63) is 34.9 Å². The van der Waals surface area contributed by atoms with Crippen molar-refractivity contribution < 1.29 is 28.7 Å². The molecule has 0 aliphatic rings. The predicted octanol–water partition coefficient (Wildman–Crippen LogP) is 1.06. The zero-order chi connectivity index (χ0) is 19.7. The molecule has 3 N–H and O–H groups in total. The van der Waals surface area contributed by atoms with Crippen molar-refractivity contribution in [2.45, 2.75) is 26.3 Å². The van der Waals surface area contributed by atoms with Crippen LogP contribution in [0.25, 0.3) is 0 Å². The Labute approximate surface area is 156 Å². The van der Waals surface area contributed by atoms with E-state index >= 15 is 0 Å². The first kappa shape index (κ1) is 21.4. The molecule has 1 aromatic rings. The first-order chi connectivity index (χ1) is 12.3. The number of amides is 2. The summed E-state index contributed by atoms with van der Waals surface area (Å²) in [6, 6.07) is 4.44. The molecule has 0 spiro atoms. The van der Waals surface area contributed by atoms with Crippen LogP contribution in [-0.4, -0.2) is 43.0 Å². The summed E-state index contributed by atoms with van der Waals surface area (Å²) < 4.78 is 9.70. The van der Waals surface area contributed by atoms with Gasteiger partial charge in [0.15, 0.2) is 0 Å². The number of ether oxygens (including phenoxy) is 2. The molecule has 0 saturated carbocycles. The topological polar surface area (TPSA) is 125 Å². The van der Waals surface area contributed by atoms with Crippen LogP contribution in [0.5, 0.6) is 0 Å². The summed E-state index contributed by atoms with van der Waals surface area (Å²) >= 11 is 5.77. The molecule has 9 heteroatoms. The van der Waals surface area contributed by atoms with Crippen molar-refractivity contribution in [2.75, 3.05) is 13.2 Å². The lowest BCUT2D eigenvalue weighted by Gasteiger charge is -2.23. The van der Waals surface area contributed by atoms with E-state index in [-0.39, 0.29) is 18.8 Å². The Kier molecular flexibility index (Phi) is 8.57. The molecule has 142 valence electrons. The summed E-state index contributed by atoms with van der Waals surface area (Å²) in [4.78, 5) is 48.1. The van der Waals surface area contributed by atoms with Crippen molar-refractivity contribution in [3.63, 3.8) is 0 Å². The van der Waals surface area contributed by atoms with Gasteiger partial charge >= 0.3 is 11.9 Å². The molecule has 0 unspecified atom stereocenters. The average Bonchev–Trinajstić information content (AvgIpc) is 2.58. The molecule has 0 aromatic heterocycles. The molecule has 0 aliphatic heterocycles. The van der Waals surface area contributed by atoms with Gasteiger partial charge in [-0.25, -0.2) is 0 Å². The number of benzene rings is 1. The molecule has 2 amide bonds. The summed E-state index contributed by atoms with van der Waals surface area (Å²) in [5, 5.41) is 2.80. The minimum atomic E-state index is -1.44. The highest BCUT2D eigenvalue weighted by Gasteiger charge is 2.37. The molecule has 26 heavy (non-hydrogen) atoms. The fourth-order valence-corrected chi connectivity index (χ4v) is 2.31. The third kappa shape index (κ3) is 6.36. The van der Waals surface area contributed by atoms with E-state index in [1.807, 2.05) is 0 Å². The Balaban J connectivity index is 3.03. The molecule has 0 aliphatic carbocycles. The number of hydrogen-bond acceptors (Lipinski definition) is 6. The summed E-state index contributed by atoms with van der Waals surface area (Å²) in [6.45, 7) is 3.32. The van der Waals surface area contributed by atoms with E-state index in [1.165, 1.54) is 24.3 Å². The number of carbonyl (C=O) groups is 4. The molecule has 0 heterocycles. The lowest BCUT2D eigenvalue weighted by Crippen LogP contribution is -2.52. The third-order valence-corrected chi connectivity index (χ3v) is 3.64. The molecular weight excluding hydrogens is 364 g/mol. The van der Waals surface area contributed by atoms with Gasteiger partial charge in [0, 0.05) is 10.6 Å². The highest BCUT2D eigenvalue weighted by molar-refractivity contribution is 6.30. The second-order valence-electron chi connectivity index (χ2n) is 5.23. The van der Waals surface area contributed by atoms with Crippen LogP contribution in [-0.2, 0) is 23.9 Å². The Hall–Kier alpha value is -2.61. The van der Waals surface area contributed by atoms with Gasteiger partial charge in [-0.2, -0.15) is 0 Å². The maximum Gasteiger partial charge on any atom is 0.312 e. The number of primary amides is 1. The Morgan fingerprint density at radius 2 is 1.65 bits per heavy atom. The quantitative estimate of drug-likeness (QED) is 0.613. The number of halogens is 1. The zero-order valence-corrected chi connectivity index (χ0v) is 15.2. The molecule has 0 bridgehead atoms. The maximum atomic E-state index is 12.3. The van der Waals surface area contributed by atoms with E-state index in [4.69, 9.17) is 26.8 Å². The van der Waals surface area contributed by atoms with Gasteiger partial charge in [0.05, 0.1) is 25.6 Å². The SMILES string of the molecule is CCOC(=O)C[C@H](C(=O)OCC)[C@H](NC(=O)c1ccc(Cl)cc1)C(N)=O. The van der Waals surface area contributed by atoms with Crippen LogP contribution in [0.2, 0.25) is 5.02 Å². The number of nitrogens with one attached hydrogen (secondary N) is 1. The van der Waals surface area contributed by atoms with Crippen LogP contribution in [0.15, 0.2) is 24.3 Å². The van der Waals surface area contributed by atoms with E-state index in [2.05, 4.69) is 5.32 Å². The Morgan fingerprint density at radius 3 is 2.15 bits per heavy atom. The van der Waals surface area contributed by atoms with E-state index in [9.17, 15) is 19.2 Å². The molecule has 0 saturated heterocycles. The maximum absolute atomic E-state index is 12.3. The van der Waals surface area contributed by atoms with Gasteiger partial charge in [-0.15, -0.1) is 0 Å². The van der Waals surface area contributed by atoms with Crippen LogP contribution in [0.3, 0.4) is 0 Å². The first-order valence-electron chi connectivity index (χ1n) is 7.98. The lowest BCUT2D eigenvalue weighted by molar-refractivity contribution is -0.156. The smallest absolute Gasteiger partial charge is 0.312 e. The van der Waals surface area contributed by atoms with Crippen molar-refractivity contribution in [2.24, 2.45) is 11.7 Å². The van der Waals surface area contributed by atoms with Gasteiger partial charge < -0.3 is 20.5 Å². The van der Waals surface area contributed by atoms with Gasteiger partial charge in [0.1, 0.15) is 6.04 Å². The largest absolute Gasteiger partial charge is 0.466 e. The van der Waals surface area contributed by atoms with Gasteiger partial charge in [0.2, 0.25) is 5.91 Å². The van der Waals surface area contributed by atoms with Crippen LogP contribution >= 0.6 is 11.6 Å². The predicted molar refractivity (Wildman–Crippen MR) is 93.3 cm³/mol. The van der Waals surface area contributed by atoms with E-state index in [1.54, 1.807) is 13.8 Å². The summed E-state index contributed by atoms with van der Waals surface area (Å²) in [5.74, 6) is -4.47. The monoisotopic (exact) mass is 384 g/mol. The van der Waals surface area contributed by atoms with E-state index in [0.717, 1.165) is 0 Å². The summed E-state index contributed by atoms with van der Waals surface area (Å²) in [5.41, 5.74) is 5.54. The minimum Gasteiger partial charge on any atom is -0.466 e. The Morgan fingerprint density at radius 1 is 1.08 bits per heavy atom. The van der Waals surface area contributed by atoms with Crippen LogP contribution < -0.4 is 11.1 Å². The number of carbonyl (C=O) groups excluding carboxylic acids is 4. The molecule has 0 fully saturated rings. The Bertz CT molecular complexity index is 662. The normalized spacial score (nSPS) is 12.6. The fourth-order valence-electron chi connectivity index (χ4n) is 2.18. The van der Waals surface area contributed by atoms with Gasteiger partial charge in [-0.05, 0) is 38.1 Å². The van der Waals surface area contributed by atoms with E-state index in [0.29, 0.717) is 5.02 Å². The van der Waals surface area contributed by atoms with Crippen LogP contribution in [0, 0.1) is 5.92 Å². The number of rotatable bonds is 9. The number of nitrogens with two attached hydrogens (primary N) is 1. The van der Waals surface area contributed by atoms with Gasteiger partial charge in [-0.3, -0.25) is 19.2 Å². The summed E-state index contributed by atoms with van der Waals surface area (Å²) in [6.07, 6.45) is -0.457. The minimum absolute atomic E-state index is 0.0365. The molecule has 0 radical (unpaired) electrons. The van der Waals surface area contributed by atoms with Crippen molar-refractivity contribution in [1.29, 1.82) is 0 Å². The van der Waals surface area contributed by atoms with Gasteiger partial charge in [0.25, 0.3) is 5.91 Å². The van der Waals surface area contributed by atoms with Crippen molar-refractivity contribution in [3.8, 4) is 0 Å². The molecular formula is C17H21ClN2O6. The number of hydrogen-bond donors (Lipinski definition) is 2. The molecule has 1 rings (SSSR count). The lowest BCUT2D eigenvalue weighted by atomic mass is 9.95. The molecule has 8 nitrogen and oxygen atoms in total.